The number of carbonyl (C=O) groups is 1. The second-order valence-corrected chi connectivity index (χ2v) is 9.05. The molecule has 0 spiro atoms. The van der Waals surface area contributed by atoms with E-state index in [4.69, 9.17) is 4.74 Å². The lowest BCUT2D eigenvalue weighted by atomic mass is 10.0. The first-order valence-corrected chi connectivity index (χ1v) is 12.2. The molecule has 0 aliphatic rings. The Morgan fingerprint density at radius 1 is 1.03 bits per heavy atom. The Kier molecular flexibility index (Phi) is 6.77. The number of para-hydroxylation sites is 1. The Morgan fingerprint density at radius 2 is 1.75 bits per heavy atom. The summed E-state index contributed by atoms with van der Waals surface area (Å²) in [5.74, 6) is 1.27. The molecule has 36 heavy (non-hydrogen) atoms. The topological polar surface area (TPSA) is 84.8 Å². The number of fused-ring (bicyclic) bond motifs is 1. The van der Waals surface area contributed by atoms with Gasteiger partial charge in [-0.25, -0.2) is 0 Å². The van der Waals surface area contributed by atoms with Crippen LogP contribution in [0.1, 0.15) is 28.7 Å². The van der Waals surface area contributed by atoms with Crippen LogP contribution in [0.25, 0.3) is 16.6 Å². The molecule has 2 heterocycles. The molecule has 1 atom stereocenters. The number of aryl methyl sites for hydroxylation is 1. The summed E-state index contributed by atoms with van der Waals surface area (Å²) in [5.41, 5.74) is 4.92. The molecular formula is C28H27N5O2S. The number of hydrogen-bond donors (Lipinski definition) is 3. The van der Waals surface area contributed by atoms with Gasteiger partial charge in [0.2, 0.25) is 5.91 Å². The highest BCUT2D eigenvalue weighted by Crippen LogP contribution is 2.26. The van der Waals surface area contributed by atoms with Crippen LogP contribution < -0.4 is 10.1 Å². The number of H-pyrrole nitrogens is 1. The van der Waals surface area contributed by atoms with E-state index >= 15 is 0 Å². The Labute approximate surface area is 214 Å². The van der Waals surface area contributed by atoms with Gasteiger partial charge in [-0.15, -0.1) is 22.8 Å². The number of thiol groups is 1. The maximum atomic E-state index is 13.4. The largest absolute Gasteiger partial charge is 0.497 e. The minimum Gasteiger partial charge on any atom is -0.497 e. The third kappa shape index (κ3) is 4.85. The molecule has 2 aromatic heterocycles. The van der Waals surface area contributed by atoms with Crippen LogP contribution in [-0.2, 0) is 17.6 Å². The summed E-state index contributed by atoms with van der Waals surface area (Å²) in [7, 11) is 1.63. The van der Waals surface area contributed by atoms with Gasteiger partial charge in [0.05, 0.1) is 19.6 Å². The number of hydrogen-bond acceptors (Lipinski definition) is 5. The quantitative estimate of drug-likeness (QED) is 0.264. The first kappa shape index (κ1) is 23.7. The summed E-state index contributed by atoms with van der Waals surface area (Å²) in [6.07, 6.45) is 0.813. The van der Waals surface area contributed by atoms with E-state index in [1.165, 1.54) is 0 Å². The summed E-state index contributed by atoms with van der Waals surface area (Å²) in [4.78, 5) is 16.8. The summed E-state index contributed by atoms with van der Waals surface area (Å²) < 4.78 is 7.15. The molecular weight excluding hydrogens is 470 g/mol. The Hall–Kier alpha value is -4.04. The minimum atomic E-state index is -0.416. The third-order valence-electron chi connectivity index (χ3n) is 6.30. The highest BCUT2D eigenvalue weighted by molar-refractivity contribution is 7.80. The van der Waals surface area contributed by atoms with E-state index in [-0.39, 0.29) is 12.3 Å². The van der Waals surface area contributed by atoms with Crippen molar-refractivity contribution in [2.75, 3.05) is 7.11 Å². The van der Waals surface area contributed by atoms with E-state index < -0.39 is 6.04 Å². The van der Waals surface area contributed by atoms with E-state index in [0.717, 1.165) is 39.2 Å². The number of nitrogens with one attached hydrogen (secondary N) is 2. The van der Waals surface area contributed by atoms with Gasteiger partial charge in [0.1, 0.15) is 5.75 Å². The summed E-state index contributed by atoms with van der Waals surface area (Å²) in [6, 6.07) is 25.2. The molecule has 7 nitrogen and oxygen atoms in total. The molecule has 3 aromatic carbocycles. The first-order chi connectivity index (χ1) is 17.5. The number of aromatic amines is 1. The Bertz CT molecular complexity index is 1490. The van der Waals surface area contributed by atoms with Crippen molar-refractivity contribution in [2.24, 2.45) is 0 Å². The normalized spacial score (nSPS) is 12.0. The maximum absolute atomic E-state index is 13.4. The Morgan fingerprint density at radius 3 is 2.50 bits per heavy atom. The molecule has 8 heteroatoms. The number of nitrogens with zero attached hydrogens (tertiary/aromatic N) is 3. The molecule has 0 aliphatic carbocycles. The molecule has 0 bridgehead atoms. The van der Waals surface area contributed by atoms with Crippen LogP contribution in [0.3, 0.4) is 0 Å². The van der Waals surface area contributed by atoms with Crippen molar-refractivity contribution in [3.05, 3.63) is 102 Å². The van der Waals surface area contributed by atoms with Crippen molar-refractivity contribution >= 4 is 29.4 Å². The monoisotopic (exact) mass is 497 g/mol. The summed E-state index contributed by atoms with van der Waals surface area (Å²) in [5, 5.41) is 13.4. The van der Waals surface area contributed by atoms with Crippen molar-refractivity contribution in [1.29, 1.82) is 0 Å². The molecule has 5 rings (SSSR count). The standard InChI is InChI=1S/C28H27N5O2S/c1-18-23(22-10-6-7-11-24(22)29-18)17-26(34)30-25(16-19-8-4-3-5-9-19)27-31-32-28(36)33(27)20-12-14-21(35-2)15-13-20/h3-15,25,29H,16-17H2,1-2H3,(H,30,34)(H,32,36)/t25-/m0/s1. The van der Waals surface area contributed by atoms with Gasteiger partial charge < -0.3 is 15.0 Å². The fourth-order valence-electron chi connectivity index (χ4n) is 4.52. The van der Waals surface area contributed by atoms with E-state index in [1.807, 2.05) is 90.4 Å². The second-order valence-electron chi connectivity index (χ2n) is 8.65. The van der Waals surface area contributed by atoms with Gasteiger partial charge in [-0.1, -0.05) is 48.5 Å². The highest BCUT2D eigenvalue weighted by atomic mass is 32.1. The van der Waals surface area contributed by atoms with Gasteiger partial charge in [-0.3, -0.25) is 9.36 Å². The molecule has 0 saturated carbocycles. The lowest BCUT2D eigenvalue weighted by Gasteiger charge is -2.20. The van der Waals surface area contributed by atoms with E-state index in [0.29, 0.717) is 17.4 Å². The van der Waals surface area contributed by atoms with Gasteiger partial charge >= 0.3 is 0 Å². The molecule has 1 amide bonds. The zero-order valence-electron chi connectivity index (χ0n) is 20.1. The van der Waals surface area contributed by atoms with Crippen LogP contribution in [0.5, 0.6) is 5.75 Å². The van der Waals surface area contributed by atoms with E-state index in [9.17, 15) is 4.79 Å². The molecule has 5 aromatic rings. The highest BCUT2D eigenvalue weighted by Gasteiger charge is 2.24. The summed E-state index contributed by atoms with van der Waals surface area (Å²) in [6.45, 7) is 2.00. The van der Waals surface area contributed by atoms with Crippen molar-refractivity contribution in [2.45, 2.75) is 31.0 Å². The van der Waals surface area contributed by atoms with Gasteiger partial charge in [0.15, 0.2) is 11.0 Å². The second kappa shape index (κ2) is 10.3. The lowest BCUT2D eigenvalue weighted by molar-refractivity contribution is -0.121. The SMILES string of the molecule is COc1ccc(-n2c(S)nnc2[C@H](Cc2ccccc2)NC(=O)Cc2c(C)[nH]c3ccccc23)cc1. The fourth-order valence-corrected chi connectivity index (χ4v) is 4.78. The Balaban J connectivity index is 1.48. The van der Waals surface area contributed by atoms with E-state index in [2.05, 4.69) is 33.1 Å². The average molecular weight is 498 g/mol. The number of benzene rings is 3. The van der Waals surface area contributed by atoms with Crippen molar-refractivity contribution < 1.29 is 9.53 Å². The van der Waals surface area contributed by atoms with Crippen LogP contribution in [0, 0.1) is 6.92 Å². The average Bonchev–Trinajstić information content (AvgIpc) is 3.43. The molecule has 0 aliphatic heterocycles. The van der Waals surface area contributed by atoms with Gasteiger partial charge in [0.25, 0.3) is 0 Å². The first-order valence-electron chi connectivity index (χ1n) is 11.7. The zero-order valence-corrected chi connectivity index (χ0v) is 21.0. The third-order valence-corrected chi connectivity index (χ3v) is 6.58. The zero-order chi connectivity index (χ0) is 25.1. The van der Waals surface area contributed by atoms with E-state index in [1.54, 1.807) is 7.11 Å². The van der Waals surface area contributed by atoms with Crippen molar-refractivity contribution in [3.63, 3.8) is 0 Å². The smallest absolute Gasteiger partial charge is 0.225 e. The predicted octanol–water partition coefficient (Wildman–Crippen LogP) is 5.00. The predicted molar refractivity (Wildman–Crippen MR) is 143 cm³/mol. The van der Waals surface area contributed by atoms with Crippen molar-refractivity contribution in [3.8, 4) is 11.4 Å². The van der Waals surface area contributed by atoms with Crippen LogP contribution in [0.4, 0.5) is 0 Å². The maximum Gasteiger partial charge on any atom is 0.225 e. The number of methoxy groups -OCH3 is 1. The van der Waals surface area contributed by atoms with Gasteiger partial charge in [0, 0.05) is 22.3 Å². The fraction of sp³-hybridized carbons (Fsp3) is 0.179. The molecule has 2 N–H and O–H groups in total. The van der Waals surface area contributed by atoms with Crippen LogP contribution in [0.15, 0.2) is 84.0 Å². The number of carbonyl (C=O) groups excluding carboxylic acids is 1. The van der Waals surface area contributed by atoms with Crippen LogP contribution in [-0.4, -0.2) is 32.8 Å². The van der Waals surface area contributed by atoms with Crippen molar-refractivity contribution in [1.82, 2.24) is 25.1 Å². The molecule has 0 unspecified atom stereocenters. The molecule has 0 saturated heterocycles. The molecule has 182 valence electrons. The lowest BCUT2D eigenvalue weighted by Crippen LogP contribution is -2.33. The van der Waals surface area contributed by atoms with Crippen LogP contribution in [0.2, 0.25) is 0 Å². The molecule has 0 fully saturated rings. The molecule has 0 radical (unpaired) electrons. The van der Waals surface area contributed by atoms with Gasteiger partial charge in [-0.05, 0) is 54.8 Å². The van der Waals surface area contributed by atoms with Gasteiger partial charge in [-0.2, -0.15) is 0 Å². The number of aromatic nitrogens is 4. The minimum absolute atomic E-state index is 0.0891. The summed E-state index contributed by atoms with van der Waals surface area (Å²) >= 11 is 4.56. The van der Waals surface area contributed by atoms with Crippen LogP contribution >= 0.6 is 12.6 Å². The number of rotatable bonds is 8. The number of amides is 1. The number of ether oxygens (including phenoxy) is 1.